The van der Waals surface area contributed by atoms with Crippen LogP contribution in [-0.4, -0.2) is 98.5 Å². The second-order valence-electron chi connectivity index (χ2n) is 12.5. The van der Waals surface area contributed by atoms with Crippen LogP contribution in [0.3, 0.4) is 0 Å². The van der Waals surface area contributed by atoms with Gasteiger partial charge in [-0.05, 0) is 44.3 Å². The molecule has 0 aromatic carbocycles. The lowest BCUT2D eigenvalue weighted by atomic mass is 9.81. The number of alkyl halides is 5. The standard InChI is InChI=1S/C28H35F5N10O3/c1-15-21(40-46-39-15)25(45)36-22(16-3-5-27(29,30)6-4-16)20-14-43-26(35-20)37-23(42-9-7-41(2)8-10-42)19(38-43)12-17-11-18(28(31,32)33)13-34-24(17)44/h14,16-18,22H,3-13H2,1-2H3,(H,34,44)(H,36,45)/t17-,18-,22+/m1/s1. The lowest BCUT2D eigenvalue weighted by molar-refractivity contribution is -0.183. The van der Waals surface area contributed by atoms with Gasteiger partial charge in [-0.1, -0.05) is 5.16 Å². The molecule has 6 rings (SSSR count). The zero-order chi connectivity index (χ0) is 32.8. The molecule has 46 heavy (non-hydrogen) atoms. The molecule has 2 aliphatic heterocycles. The quantitative estimate of drug-likeness (QED) is 0.365. The molecule has 13 nitrogen and oxygen atoms in total. The minimum Gasteiger partial charge on any atom is -0.355 e. The van der Waals surface area contributed by atoms with Crippen molar-refractivity contribution in [2.75, 3.05) is 44.7 Å². The van der Waals surface area contributed by atoms with E-state index in [1.165, 1.54) is 10.7 Å². The highest BCUT2D eigenvalue weighted by atomic mass is 19.4. The number of rotatable bonds is 7. The second-order valence-corrected chi connectivity index (χ2v) is 12.5. The van der Waals surface area contributed by atoms with Gasteiger partial charge in [-0.15, -0.1) is 0 Å². The average molecular weight is 655 g/mol. The van der Waals surface area contributed by atoms with Crippen LogP contribution in [0.4, 0.5) is 27.8 Å². The summed E-state index contributed by atoms with van der Waals surface area (Å²) < 4.78 is 75.0. The van der Waals surface area contributed by atoms with Gasteiger partial charge in [0.15, 0.2) is 11.5 Å². The molecule has 0 bridgehead atoms. The molecule has 3 fully saturated rings. The largest absolute Gasteiger partial charge is 0.393 e. The molecule has 250 valence electrons. The number of amides is 2. The number of fused-ring (bicyclic) bond motifs is 1. The Hall–Kier alpha value is -3.96. The van der Waals surface area contributed by atoms with Crippen LogP contribution in [0.1, 0.15) is 65.7 Å². The Balaban J connectivity index is 1.36. The Morgan fingerprint density at radius 2 is 1.87 bits per heavy atom. The molecule has 0 radical (unpaired) electrons. The highest BCUT2D eigenvalue weighted by molar-refractivity contribution is 5.93. The van der Waals surface area contributed by atoms with E-state index in [1.54, 1.807) is 6.92 Å². The maximum Gasteiger partial charge on any atom is 0.393 e. The minimum atomic E-state index is -4.45. The van der Waals surface area contributed by atoms with E-state index in [2.05, 4.69) is 35.5 Å². The van der Waals surface area contributed by atoms with Gasteiger partial charge in [0.25, 0.3) is 11.7 Å². The van der Waals surface area contributed by atoms with Crippen molar-refractivity contribution >= 4 is 23.4 Å². The van der Waals surface area contributed by atoms with Crippen molar-refractivity contribution in [2.45, 2.75) is 63.6 Å². The number of piperidine rings is 1. The minimum absolute atomic E-state index is 0.0475. The van der Waals surface area contributed by atoms with E-state index >= 15 is 0 Å². The van der Waals surface area contributed by atoms with E-state index in [-0.39, 0.29) is 55.7 Å². The van der Waals surface area contributed by atoms with Gasteiger partial charge in [0.2, 0.25) is 11.8 Å². The zero-order valence-corrected chi connectivity index (χ0v) is 25.4. The molecule has 3 aromatic rings. The number of halogens is 5. The molecule has 0 unspecified atom stereocenters. The topological polar surface area (TPSA) is 147 Å². The van der Waals surface area contributed by atoms with Crippen LogP contribution < -0.4 is 15.5 Å². The Morgan fingerprint density at radius 1 is 1.15 bits per heavy atom. The zero-order valence-electron chi connectivity index (χ0n) is 25.4. The number of hydrogen-bond acceptors (Lipinski definition) is 10. The molecule has 5 heterocycles. The first-order valence-electron chi connectivity index (χ1n) is 15.3. The Labute approximate surface area is 260 Å². The first kappa shape index (κ1) is 32.0. The smallest absolute Gasteiger partial charge is 0.355 e. The van der Waals surface area contributed by atoms with Crippen LogP contribution in [0.15, 0.2) is 10.8 Å². The third kappa shape index (κ3) is 6.76. The van der Waals surface area contributed by atoms with Gasteiger partial charge >= 0.3 is 6.18 Å². The van der Waals surface area contributed by atoms with Gasteiger partial charge in [0, 0.05) is 57.9 Å². The first-order valence-corrected chi connectivity index (χ1v) is 15.3. The van der Waals surface area contributed by atoms with E-state index in [1.807, 2.05) is 11.9 Å². The summed E-state index contributed by atoms with van der Waals surface area (Å²) in [4.78, 5) is 39.4. The Kier molecular flexibility index (Phi) is 8.58. The summed E-state index contributed by atoms with van der Waals surface area (Å²) >= 11 is 0. The SMILES string of the molecule is Cc1nonc1C(=O)N[C@H](c1cn2nc(C[C@H]3C[C@@H](C(F)(F)F)CNC3=O)c(N3CCN(C)CC3)nc2n1)C1CCC(F)(F)CC1. The van der Waals surface area contributed by atoms with E-state index in [0.29, 0.717) is 43.4 Å². The van der Waals surface area contributed by atoms with Crippen molar-refractivity contribution < 1.29 is 36.2 Å². The fourth-order valence-corrected chi connectivity index (χ4v) is 6.45. The maximum atomic E-state index is 14.1. The molecule has 2 N–H and O–H groups in total. The molecule has 2 saturated heterocycles. The monoisotopic (exact) mass is 654 g/mol. The summed E-state index contributed by atoms with van der Waals surface area (Å²) in [5.74, 6) is -6.35. The number of nitrogens with zero attached hydrogens (tertiary/aromatic N) is 8. The Morgan fingerprint density at radius 3 is 2.52 bits per heavy atom. The van der Waals surface area contributed by atoms with Crippen LogP contribution in [0.25, 0.3) is 5.78 Å². The number of aryl methyl sites for hydroxylation is 1. The number of carbonyl (C=O) groups excluding carboxylic acids is 2. The number of anilines is 1. The number of aromatic nitrogens is 6. The third-order valence-electron chi connectivity index (χ3n) is 9.26. The van der Waals surface area contributed by atoms with Gasteiger partial charge in [-0.3, -0.25) is 9.59 Å². The molecule has 3 aliphatic rings. The van der Waals surface area contributed by atoms with E-state index in [4.69, 9.17) is 10.1 Å². The van der Waals surface area contributed by atoms with Gasteiger partial charge in [-0.25, -0.2) is 22.9 Å². The number of carbonyl (C=O) groups is 2. The summed E-state index contributed by atoms with van der Waals surface area (Å²) in [6.45, 7) is 3.65. The van der Waals surface area contributed by atoms with E-state index in [9.17, 15) is 31.5 Å². The van der Waals surface area contributed by atoms with Crippen molar-refractivity contribution in [1.82, 2.24) is 45.4 Å². The molecule has 2 amide bonds. The lowest BCUT2D eigenvalue weighted by Gasteiger charge is -2.34. The molecular weight excluding hydrogens is 619 g/mol. The third-order valence-corrected chi connectivity index (χ3v) is 9.26. The van der Waals surface area contributed by atoms with Gasteiger partial charge in [0.05, 0.1) is 23.9 Å². The fraction of sp³-hybridized carbons (Fsp3) is 0.679. The van der Waals surface area contributed by atoms with Crippen LogP contribution >= 0.6 is 0 Å². The molecule has 0 spiro atoms. The molecule has 1 aliphatic carbocycles. The van der Waals surface area contributed by atoms with Crippen LogP contribution in [-0.2, 0) is 11.2 Å². The normalized spacial score (nSPS) is 23.8. The molecular formula is C28H35F5N10O3. The van der Waals surface area contributed by atoms with Crippen LogP contribution in [0.5, 0.6) is 0 Å². The number of nitrogens with one attached hydrogen (secondary N) is 2. The predicted octanol–water partition coefficient (Wildman–Crippen LogP) is 2.72. The summed E-state index contributed by atoms with van der Waals surface area (Å²) in [6.07, 6.45) is -3.82. The Bertz CT molecular complexity index is 1580. The first-order chi connectivity index (χ1) is 21.8. The summed E-state index contributed by atoms with van der Waals surface area (Å²) in [7, 11) is 1.98. The van der Waals surface area contributed by atoms with Gasteiger partial charge < -0.3 is 20.4 Å². The fourth-order valence-electron chi connectivity index (χ4n) is 6.45. The molecule has 3 atom stereocenters. The second kappa shape index (κ2) is 12.3. The predicted molar refractivity (Wildman–Crippen MR) is 151 cm³/mol. The van der Waals surface area contributed by atoms with Crippen molar-refractivity contribution in [3.8, 4) is 0 Å². The van der Waals surface area contributed by atoms with Crippen molar-refractivity contribution in [3.63, 3.8) is 0 Å². The van der Waals surface area contributed by atoms with Gasteiger partial charge in [-0.2, -0.15) is 23.3 Å². The number of hydrogen-bond donors (Lipinski definition) is 2. The summed E-state index contributed by atoms with van der Waals surface area (Å²) in [5.41, 5.74) is 0.873. The molecule has 3 aromatic heterocycles. The number of imidazole rings is 1. The summed E-state index contributed by atoms with van der Waals surface area (Å²) in [5, 5.41) is 17.3. The highest BCUT2D eigenvalue weighted by Crippen LogP contribution is 2.41. The molecule has 18 heteroatoms. The van der Waals surface area contributed by atoms with Gasteiger partial charge in [0.1, 0.15) is 11.4 Å². The number of piperazine rings is 1. The number of likely N-dealkylation sites (N-methyl/N-ethyl adjacent to an activating group) is 1. The van der Waals surface area contributed by atoms with Crippen LogP contribution in [0, 0.1) is 24.7 Å². The van der Waals surface area contributed by atoms with E-state index < -0.39 is 54.3 Å². The van der Waals surface area contributed by atoms with Crippen molar-refractivity contribution in [2.24, 2.45) is 17.8 Å². The van der Waals surface area contributed by atoms with Crippen molar-refractivity contribution in [1.29, 1.82) is 0 Å². The van der Waals surface area contributed by atoms with E-state index in [0.717, 1.165) is 0 Å². The maximum absolute atomic E-state index is 14.1. The molecule has 1 saturated carbocycles. The van der Waals surface area contributed by atoms with Crippen molar-refractivity contribution in [3.05, 3.63) is 29.0 Å². The average Bonchev–Trinajstić information content (AvgIpc) is 3.62. The summed E-state index contributed by atoms with van der Waals surface area (Å²) in [6, 6.07) is -0.810. The highest BCUT2D eigenvalue weighted by Gasteiger charge is 2.45. The lowest BCUT2D eigenvalue weighted by Crippen LogP contribution is -2.48. The van der Waals surface area contributed by atoms with Crippen LogP contribution in [0.2, 0.25) is 0 Å².